The van der Waals surface area contributed by atoms with Crippen molar-refractivity contribution in [3.63, 3.8) is 0 Å². The van der Waals surface area contributed by atoms with Crippen molar-refractivity contribution >= 4 is 32.5 Å². The van der Waals surface area contributed by atoms with Gasteiger partial charge in [0.05, 0.1) is 26.8 Å². The zero-order valence-corrected chi connectivity index (χ0v) is 17.8. The molecule has 1 atom stereocenters. The Morgan fingerprint density at radius 2 is 1.75 bits per heavy atom. The third kappa shape index (κ3) is 3.72. The minimum absolute atomic E-state index is 0.0970. The zero-order valence-electron chi connectivity index (χ0n) is 16.1. The summed E-state index contributed by atoms with van der Waals surface area (Å²) in [5.41, 5.74) is 1.49. The van der Waals surface area contributed by atoms with Gasteiger partial charge in [0.2, 0.25) is 0 Å². The van der Waals surface area contributed by atoms with Crippen molar-refractivity contribution in [3.8, 4) is 0 Å². The van der Waals surface area contributed by atoms with E-state index in [1.165, 1.54) is 31.9 Å². The summed E-state index contributed by atoms with van der Waals surface area (Å²) < 4.78 is 25.5. The molecule has 4 rings (SSSR count). The average molecular weight is 420 g/mol. The first kappa shape index (κ1) is 19.5. The SMILES string of the molecule is CC1=Nc2c(c(=O)[nH]n2C2CCCCCC2)[C@@H](c2ccc(S(C)(=O)=O)cc2)S1. The fraction of sp³-hybridized carbons (Fsp3) is 0.500. The van der Waals surface area contributed by atoms with Gasteiger partial charge in [-0.05, 0) is 37.5 Å². The monoisotopic (exact) mass is 419 g/mol. The minimum atomic E-state index is -3.25. The number of H-pyrrole nitrogens is 1. The molecule has 8 heteroatoms. The highest BCUT2D eigenvalue weighted by atomic mass is 32.2. The Labute approximate surface area is 169 Å². The Morgan fingerprint density at radius 3 is 2.36 bits per heavy atom. The van der Waals surface area contributed by atoms with Crippen molar-refractivity contribution in [2.24, 2.45) is 4.99 Å². The lowest BCUT2D eigenvalue weighted by Crippen LogP contribution is -2.14. The summed E-state index contributed by atoms with van der Waals surface area (Å²) in [7, 11) is -3.25. The van der Waals surface area contributed by atoms with Gasteiger partial charge in [0.1, 0.15) is 0 Å². The van der Waals surface area contributed by atoms with E-state index in [2.05, 4.69) is 5.10 Å². The van der Waals surface area contributed by atoms with E-state index < -0.39 is 9.84 Å². The van der Waals surface area contributed by atoms with Gasteiger partial charge in [-0.3, -0.25) is 14.6 Å². The molecule has 2 heterocycles. The lowest BCUT2D eigenvalue weighted by atomic mass is 10.1. The molecular weight excluding hydrogens is 394 g/mol. The van der Waals surface area contributed by atoms with E-state index >= 15 is 0 Å². The van der Waals surface area contributed by atoms with E-state index in [1.54, 1.807) is 36.0 Å². The molecule has 150 valence electrons. The van der Waals surface area contributed by atoms with Crippen molar-refractivity contribution < 1.29 is 8.42 Å². The van der Waals surface area contributed by atoms with Crippen molar-refractivity contribution in [2.45, 2.75) is 61.6 Å². The second kappa shape index (κ2) is 7.55. The van der Waals surface area contributed by atoms with Crippen LogP contribution in [0.3, 0.4) is 0 Å². The molecule has 2 aromatic rings. The summed E-state index contributed by atoms with van der Waals surface area (Å²) in [4.78, 5) is 17.9. The van der Waals surface area contributed by atoms with Crippen molar-refractivity contribution in [3.05, 3.63) is 45.7 Å². The molecule has 0 radical (unpaired) electrons. The Bertz CT molecular complexity index is 1060. The third-order valence-corrected chi connectivity index (χ3v) is 7.85. The van der Waals surface area contributed by atoms with Gasteiger partial charge in [-0.1, -0.05) is 49.6 Å². The van der Waals surface area contributed by atoms with Crippen LogP contribution in [-0.2, 0) is 9.84 Å². The normalized spacial score (nSPS) is 21.1. The summed E-state index contributed by atoms with van der Waals surface area (Å²) in [6.45, 7) is 1.96. The Hall–Kier alpha value is -1.80. The first-order valence-electron chi connectivity index (χ1n) is 9.71. The molecule has 0 saturated heterocycles. The molecule has 0 bridgehead atoms. The number of fused-ring (bicyclic) bond motifs is 1. The molecule has 1 aromatic carbocycles. The fourth-order valence-corrected chi connectivity index (χ4v) is 5.85. The number of thioether (sulfide) groups is 1. The summed E-state index contributed by atoms with van der Waals surface area (Å²) in [6.07, 6.45) is 8.17. The molecular formula is C20H25N3O3S2. The molecule has 6 nitrogen and oxygen atoms in total. The van der Waals surface area contributed by atoms with Crippen LogP contribution < -0.4 is 5.56 Å². The second-order valence-corrected chi connectivity index (χ2v) is 11.0. The zero-order chi connectivity index (χ0) is 19.9. The molecule has 28 heavy (non-hydrogen) atoms. The maximum Gasteiger partial charge on any atom is 0.271 e. The van der Waals surface area contributed by atoms with Crippen LogP contribution in [0.4, 0.5) is 5.82 Å². The Morgan fingerprint density at radius 1 is 1.11 bits per heavy atom. The number of rotatable bonds is 3. The summed E-state index contributed by atoms with van der Waals surface area (Å²) in [6, 6.07) is 7.12. The van der Waals surface area contributed by atoms with E-state index in [0.717, 1.165) is 29.3 Å². The second-order valence-electron chi connectivity index (χ2n) is 7.66. The Kier molecular flexibility index (Phi) is 5.26. The number of aromatic amines is 1. The number of aliphatic imine (C=N–C) groups is 1. The van der Waals surface area contributed by atoms with Crippen LogP contribution in [0.1, 0.15) is 67.9 Å². The van der Waals surface area contributed by atoms with Crippen molar-refractivity contribution in [1.82, 2.24) is 9.78 Å². The number of hydrogen-bond donors (Lipinski definition) is 1. The molecule has 0 amide bonds. The number of nitrogens with one attached hydrogen (secondary N) is 1. The number of sulfone groups is 1. The van der Waals surface area contributed by atoms with Gasteiger partial charge < -0.3 is 0 Å². The van der Waals surface area contributed by atoms with Gasteiger partial charge >= 0.3 is 0 Å². The van der Waals surface area contributed by atoms with Crippen LogP contribution in [-0.4, -0.2) is 29.5 Å². The van der Waals surface area contributed by atoms with Crippen LogP contribution in [0.15, 0.2) is 38.9 Å². The van der Waals surface area contributed by atoms with Crippen molar-refractivity contribution in [1.29, 1.82) is 0 Å². The smallest absolute Gasteiger partial charge is 0.268 e. The van der Waals surface area contributed by atoms with Gasteiger partial charge in [-0.25, -0.2) is 13.4 Å². The topological polar surface area (TPSA) is 84.3 Å². The lowest BCUT2D eigenvalue weighted by molar-refractivity contribution is 0.407. The molecule has 1 fully saturated rings. The summed E-state index contributed by atoms with van der Waals surface area (Å²) >= 11 is 1.54. The van der Waals surface area contributed by atoms with Gasteiger partial charge in [-0.15, -0.1) is 0 Å². The van der Waals surface area contributed by atoms with Crippen LogP contribution in [0.5, 0.6) is 0 Å². The van der Waals surface area contributed by atoms with Crippen LogP contribution in [0.25, 0.3) is 0 Å². The highest BCUT2D eigenvalue weighted by Crippen LogP contribution is 2.45. The molecule has 1 aromatic heterocycles. The number of hydrogen-bond acceptors (Lipinski definition) is 5. The van der Waals surface area contributed by atoms with Crippen LogP contribution in [0.2, 0.25) is 0 Å². The first-order chi connectivity index (χ1) is 13.3. The summed E-state index contributed by atoms with van der Waals surface area (Å²) in [5, 5.41) is 3.78. The number of benzene rings is 1. The third-order valence-electron chi connectivity index (χ3n) is 5.55. The molecule has 1 saturated carbocycles. The standard InChI is InChI=1S/C20H25N3O3S2/c1-13-21-19-17(20(24)22-23(19)15-7-5-3-4-6-8-15)18(27-13)14-9-11-16(12-10-14)28(2,25)26/h9-12,15,18H,3-8H2,1-2H3,(H,22,24)/t18-/m1/s1. The van der Waals surface area contributed by atoms with Crippen molar-refractivity contribution in [2.75, 3.05) is 6.26 Å². The highest BCUT2D eigenvalue weighted by Gasteiger charge is 2.32. The Balaban J connectivity index is 1.76. The van der Waals surface area contributed by atoms with E-state index in [1.807, 2.05) is 11.6 Å². The van der Waals surface area contributed by atoms with Gasteiger partial charge in [0.15, 0.2) is 15.7 Å². The molecule has 2 aliphatic rings. The van der Waals surface area contributed by atoms with Gasteiger partial charge in [0, 0.05) is 6.26 Å². The number of nitrogens with zero attached hydrogens (tertiary/aromatic N) is 2. The van der Waals surface area contributed by atoms with Gasteiger partial charge in [0.25, 0.3) is 5.56 Å². The van der Waals surface area contributed by atoms with Crippen LogP contribution in [0, 0.1) is 0 Å². The average Bonchev–Trinajstić information content (AvgIpc) is 2.84. The predicted molar refractivity (Wildman–Crippen MR) is 114 cm³/mol. The van der Waals surface area contributed by atoms with Crippen LogP contribution >= 0.6 is 11.8 Å². The molecule has 0 unspecified atom stereocenters. The van der Waals surface area contributed by atoms with E-state index in [0.29, 0.717) is 5.56 Å². The van der Waals surface area contributed by atoms with E-state index in [4.69, 9.17) is 4.99 Å². The predicted octanol–water partition coefficient (Wildman–Crippen LogP) is 4.36. The maximum atomic E-state index is 12.9. The maximum absolute atomic E-state index is 12.9. The lowest BCUT2D eigenvalue weighted by Gasteiger charge is -2.23. The van der Waals surface area contributed by atoms with E-state index in [-0.39, 0.29) is 21.7 Å². The fourth-order valence-electron chi connectivity index (χ4n) is 4.11. The number of aromatic nitrogens is 2. The molecule has 1 aliphatic carbocycles. The largest absolute Gasteiger partial charge is 0.271 e. The highest BCUT2D eigenvalue weighted by molar-refractivity contribution is 8.14. The molecule has 1 N–H and O–H groups in total. The first-order valence-corrected chi connectivity index (χ1v) is 12.5. The summed E-state index contributed by atoms with van der Waals surface area (Å²) in [5.74, 6) is 0.741. The molecule has 1 aliphatic heterocycles. The van der Waals surface area contributed by atoms with Gasteiger partial charge in [-0.2, -0.15) is 0 Å². The molecule has 0 spiro atoms. The van der Waals surface area contributed by atoms with E-state index in [9.17, 15) is 13.2 Å². The minimum Gasteiger partial charge on any atom is -0.268 e. The quantitative estimate of drug-likeness (QED) is 0.749.